The van der Waals surface area contributed by atoms with Gasteiger partial charge in [-0.2, -0.15) is 0 Å². The van der Waals surface area contributed by atoms with Gasteiger partial charge in [0.1, 0.15) is 11.6 Å². The Morgan fingerprint density at radius 1 is 1.38 bits per heavy atom. The molecule has 0 aliphatic heterocycles. The van der Waals surface area contributed by atoms with Gasteiger partial charge in [-0.15, -0.1) is 0 Å². The van der Waals surface area contributed by atoms with Gasteiger partial charge in [0, 0.05) is 18.7 Å². The van der Waals surface area contributed by atoms with Crippen LogP contribution in [0.5, 0.6) is 0 Å². The highest BCUT2D eigenvalue weighted by atomic mass is 19.1. The minimum absolute atomic E-state index is 0.0952. The first-order valence-electron chi connectivity index (χ1n) is 6.66. The Bertz CT molecular complexity index is 585. The first-order valence-corrected chi connectivity index (χ1v) is 6.66. The molecular formula is C15H17FN2O3. The number of hydrogen-bond acceptors (Lipinski definition) is 3. The number of carbonyl (C=O) groups excluding carboxylic acids is 1. The molecule has 0 aliphatic rings. The van der Waals surface area contributed by atoms with Crippen molar-refractivity contribution in [1.29, 1.82) is 0 Å². The minimum atomic E-state index is -0.509. The van der Waals surface area contributed by atoms with E-state index in [2.05, 4.69) is 10.6 Å². The summed E-state index contributed by atoms with van der Waals surface area (Å²) in [5.74, 6) is 0.0973. The molecule has 0 saturated carbocycles. The molecule has 0 aliphatic carbocycles. The van der Waals surface area contributed by atoms with Crippen molar-refractivity contribution in [2.75, 3.05) is 25.1 Å². The monoisotopic (exact) mass is 292 g/mol. The van der Waals surface area contributed by atoms with E-state index in [1.165, 1.54) is 18.4 Å². The average molecular weight is 292 g/mol. The maximum absolute atomic E-state index is 13.7. The highest BCUT2D eigenvalue weighted by Crippen LogP contribution is 2.25. The Labute approximate surface area is 122 Å². The highest BCUT2D eigenvalue weighted by molar-refractivity contribution is 5.90. The molecule has 0 bridgehead atoms. The van der Waals surface area contributed by atoms with Crippen LogP contribution in [-0.4, -0.2) is 25.8 Å². The van der Waals surface area contributed by atoms with Gasteiger partial charge in [0.2, 0.25) is 0 Å². The Balaban J connectivity index is 1.99. The Kier molecular flexibility index (Phi) is 5.34. The number of anilines is 1. The Morgan fingerprint density at radius 3 is 2.95 bits per heavy atom. The summed E-state index contributed by atoms with van der Waals surface area (Å²) in [6.07, 6.45) is 1.53. The Hall–Kier alpha value is -2.34. The number of nitrogens with one attached hydrogen (secondary N) is 2. The molecule has 0 radical (unpaired) electrons. The molecule has 6 heteroatoms. The molecule has 5 nitrogen and oxygen atoms in total. The molecule has 0 spiro atoms. The van der Waals surface area contributed by atoms with E-state index in [0.717, 1.165) is 0 Å². The summed E-state index contributed by atoms with van der Waals surface area (Å²) in [4.78, 5) is 11.7. The Morgan fingerprint density at radius 2 is 2.24 bits per heavy atom. The summed E-state index contributed by atoms with van der Waals surface area (Å²) >= 11 is 0. The van der Waals surface area contributed by atoms with E-state index < -0.39 is 11.8 Å². The zero-order valence-electron chi connectivity index (χ0n) is 11.7. The fourth-order valence-electron chi connectivity index (χ4n) is 1.76. The van der Waals surface area contributed by atoms with Gasteiger partial charge in [-0.25, -0.2) is 9.18 Å². The molecule has 1 aromatic carbocycles. The fraction of sp³-hybridized carbons (Fsp3) is 0.267. The second kappa shape index (κ2) is 7.44. The smallest absolute Gasteiger partial charge is 0.319 e. The van der Waals surface area contributed by atoms with Gasteiger partial charge in [0.15, 0.2) is 0 Å². The SMILES string of the molecule is CCOCCNC(=O)Nc1cc(-c2ccco2)ccc1F. The molecule has 0 unspecified atom stereocenters. The molecule has 2 N–H and O–H groups in total. The summed E-state index contributed by atoms with van der Waals surface area (Å²) in [5, 5.41) is 5.05. The van der Waals surface area contributed by atoms with Crippen LogP contribution in [0.3, 0.4) is 0 Å². The van der Waals surface area contributed by atoms with E-state index in [-0.39, 0.29) is 5.69 Å². The molecule has 112 valence electrons. The second-order valence-electron chi connectivity index (χ2n) is 4.25. The van der Waals surface area contributed by atoms with Crippen molar-refractivity contribution < 1.29 is 18.3 Å². The van der Waals surface area contributed by atoms with Crippen molar-refractivity contribution >= 4 is 11.7 Å². The van der Waals surface area contributed by atoms with E-state index in [1.807, 2.05) is 6.92 Å². The van der Waals surface area contributed by atoms with Gasteiger partial charge < -0.3 is 19.8 Å². The summed E-state index contributed by atoms with van der Waals surface area (Å²) in [6, 6.07) is 7.42. The summed E-state index contributed by atoms with van der Waals surface area (Å²) in [5.41, 5.74) is 0.781. The molecule has 2 aromatic rings. The molecule has 0 saturated heterocycles. The van der Waals surface area contributed by atoms with E-state index in [0.29, 0.717) is 31.1 Å². The topological polar surface area (TPSA) is 63.5 Å². The first kappa shape index (κ1) is 15.1. The highest BCUT2D eigenvalue weighted by Gasteiger charge is 2.09. The van der Waals surface area contributed by atoms with Crippen LogP contribution >= 0.6 is 0 Å². The fourth-order valence-corrected chi connectivity index (χ4v) is 1.76. The van der Waals surface area contributed by atoms with Gasteiger partial charge in [-0.3, -0.25) is 0 Å². The van der Waals surface area contributed by atoms with Crippen molar-refractivity contribution in [2.45, 2.75) is 6.92 Å². The van der Waals surface area contributed by atoms with Gasteiger partial charge in [-0.05, 0) is 37.3 Å². The van der Waals surface area contributed by atoms with Gasteiger partial charge in [0.05, 0.1) is 18.6 Å². The summed E-state index contributed by atoms with van der Waals surface area (Å²) in [6.45, 7) is 3.23. The quantitative estimate of drug-likeness (QED) is 0.803. The largest absolute Gasteiger partial charge is 0.464 e. The predicted octanol–water partition coefficient (Wildman–Crippen LogP) is 3.24. The van der Waals surface area contributed by atoms with Crippen molar-refractivity contribution in [1.82, 2.24) is 5.32 Å². The lowest BCUT2D eigenvalue weighted by molar-refractivity contribution is 0.150. The van der Waals surface area contributed by atoms with Crippen LogP contribution < -0.4 is 10.6 Å². The number of rotatable bonds is 6. The number of ether oxygens (including phenoxy) is 1. The molecular weight excluding hydrogens is 275 g/mol. The maximum Gasteiger partial charge on any atom is 0.319 e. The van der Waals surface area contributed by atoms with Crippen LogP contribution in [0.15, 0.2) is 41.0 Å². The molecule has 1 aromatic heterocycles. The molecule has 1 heterocycles. The number of urea groups is 1. The maximum atomic E-state index is 13.7. The zero-order chi connectivity index (χ0) is 15.1. The molecule has 2 amide bonds. The average Bonchev–Trinajstić information content (AvgIpc) is 3.00. The van der Waals surface area contributed by atoms with Crippen LogP contribution in [0.25, 0.3) is 11.3 Å². The van der Waals surface area contributed by atoms with Crippen LogP contribution in [-0.2, 0) is 4.74 Å². The van der Waals surface area contributed by atoms with E-state index in [9.17, 15) is 9.18 Å². The number of hydrogen-bond donors (Lipinski definition) is 2. The lowest BCUT2D eigenvalue weighted by Gasteiger charge is -2.09. The molecule has 2 rings (SSSR count). The van der Waals surface area contributed by atoms with Crippen LogP contribution in [0.2, 0.25) is 0 Å². The third-order valence-electron chi connectivity index (χ3n) is 2.76. The van der Waals surface area contributed by atoms with Crippen LogP contribution in [0.4, 0.5) is 14.9 Å². The molecule has 21 heavy (non-hydrogen) atoms. The van der Waals surface area contributed by atoms with Crippen molar-refractivity contribution in [3.63, 3.8) is 0 Å². The number of halogens is 1. The molecule has 0 fully saturated rings. The lowest BCUT2D eigenvalue weighted by atomic mass is 10.1. The van der Waals surface area contributed by atoms with Crippen molar-refractivity contribution in [3.8, 4) is 11.3 Å². The summed E-state index contributed by atoms with van der Waals surface area (Å²) < 4.78 is 24.1. The number of carbonyl (C=O) groups is 1. The van der Waals surface area contributed by atoms with Crippen molar-refractivity contribution in [3.05, 3.63) is 42.4 Å². The normalized spacial score (nSPS) is 10.4. The van der Waals surface area contributed by atoms with Crippen LogP contribution in [0, 0.1) is 5.82 Å². The van der Waals surface area contributed by atoms with Gasteiger partial charge in [0.25, 0.3) is 0 Å². The first-order chi connectivity index (χ1) is 10.2. The third-order valence-corrected chi connectivity index (χ3v) is 2.76. The van der Waals surface area contributed by atoms with E-state index in [1.54, 1.807) is 18.2 Å². The van der Waals surface area contributed by atoms with Gasteiger partial charge in [-0.1, -0.05) is 0 Å². The van der Waals surface area contributed by atoms with Gasteiger partial charge >= 0.3 is 6.03 Å². The standard InChI is InChI=1S/C15H17FN2O3/c1-2-20-9-7-17-15(19)18-13-10-11(5-6-12(13)16)14-4-3-8-21-14/h3-6,8,10H,2,7,9H2,1H3,(H2,17,18,19). The number of benzene rings is 1. The van der Waals surface area contributed by atoms with Crippen LogP contribution in [0.1, 0.15) is 6.92 Å². The lowest BCUT2D eigenvalue weighted by Crippen LogP contribution is -2.31. The molecule has 0 atom stereocenters. The number of furan rings is 1. The number of amides is 2. The minimum Gasteiger partial charge on any atom is -0.464 e. The van der Waals surface area contributed by atoms with E-state index >= 15 is 0 Å². The van der Waals surface area contributed by atoms with E-state index in [4.69, 9.17) is 9.15 Å². The zero-order valence-corrected chi connectivity index (χ0v) is 11.7. The third kappa shape index (κ3) is 4.32. The predicted molar refractivity (Wildman–Crippen MR) is 77.6 cm³/mol. The summed E-state index contributed by atoms with van der Waals surface area (Å²) in [7, 11) is 0. The second-order valence-corrected chi connectivity index (χ2v) is 4.25. The van der Waals surface area contributed by atoms with Crippen molar-refractivity contribution in [2.24, 2.45) is 0 Å².